The Kier molecular flexibility index (Phi) is 2.13. The van der Waals surface area contributed by atoms with E-state index in [-0.39, 0.29) is 12.1 Å². The van der Waals surface area contributed by atoms with Gasteiger partial charge in [0.15, 0.2) is 11.4 Å². The second kappa shape index (κ2) is 3.46. The number of methoxy groups -OCH3 is 1. The first-order chi connectivity index (χ1) is 10.3. The molecule has 0 unspecified atom stereocenters. The Balaban J connectivity index is 1.74. The fourth-order valence-electron chi connectivity index (χ4n) is 6.72. The monoisotopic (exact) mass is 304 g/mol. The van der Waals surface area contributed by atoms with Crippen molar-refractivity contribution in [3.63, 3.8) is 0 Å². The maximum Gasteiger partial charge on any atom is 0.307 e. The van der Waals surface area contributed by atoms with Crippen molar-refractivity contribution in [2.45, 2.75) is 57.5 Å². The molecule has 22 heavy (non-hydrogen) atoms. The second-order valence-corrected chi connectivity index (χ2v) is 8.61. The van der Waals surface area contributed by atoms with E-state index in [4.69, 9.17) is 14.2 Å². The molecule has 0 radical (unpaired) electrons. The predicted octanol–water partition coefficient (Wildman–Crippen LogP) is 2.67. The number of fused-ring (bicyclic) bond motifs is 2. The minimum absolute atomic E-state index is 0.0399. The van der Waals surface area contributed by atoms with Crippen molar-refractivity contribution in [3.05, 3.63) is 12.2 Å². The Labute approximate surface area is 131 Å². The van der Waals surface area contributed by atoms with Crippen molar-refractivity contribution in [1.82, 2.24) is 0 Å². The van der Waals surface area contributed by atoms with Crippen molar-refractivity contribution in [1.29, 1.82) is 0 Å². The number of carbonyl (C=O) groups excluding carboxylic acids is 1. The van der Waals surface area contributed by atoms with E-state index < -0.39 is 16.8 Å². The largest absolute Gasteiger partial charge is 0.455 e. The summed E-state index contributed by atoms with van der Waals surface area (Å²) in [6.45, 7) is 6.69. The van der Waals surface area contributed by atoms with Crippen LogP contribution >= 0.6 is 0 Å². The Morgan fingerprint density at radius 2 is 2.05 bits per heavy atom. The zero-order valence-corrected chi connectivity index (χ0v) is 13.7. The summed E-state index contributed by atoms with van der Waals surface area (Å²) in [4.78, 5) is 12.4. The molecule has 1 spiro atoms. The van der Waals surface area contributed by atoms with Gasteiger partial charge in [0.05, 0.1) is 11.8 Å². The van der Waals surface area contributed by atoms with Gasteiger partial charge in [-0.05, 0) is 37.0 Å². The topological polar surface area (TPSA) is 44.8 Å². The molecule has 2 saturated heterocycles. The van der Waals surface area contributed by atoms with Crippen LogP contribution in [0.2, 0.25) is 0 Å². The fraction of sp³-hybridized carbons (Fsp3) is 0.833. The zero-order chi connectivity index (χ0) is 15.5. The van der Waals surface area contributed by atoms with Crippen LogP contribution in [0, 0.1) is 28.6 Å². The molecule has 0 amide bonds. The van der Waals surface area contributed by atoms with Crippen molar-refractivity contribution >= 4 is 5.97 Å². The van der Waals surface area contributed by atoms with E-state index in [1.54, 1.807) is 7.11 Å². The molecule has 2 heterocycles. The number of allylic oxidation sites excluding steroid dienone is 1. The van der Waals surface area contributed by atoms with Crippen molar-refractivity contribution in [2.24, 2.45) is 28.6 Å². The first-order valence-corrected chi connectivity index (χ1v) is 8.45. The van der Waals surface area contributed by atoms with Crippen LogP contribution in [0.3, 0.4) is 0 Å². The predicted molar refractivity (Wildman–Crippen MR) is 78.8 cm³/mol. The second-order valence-electron chi connectivity index (χ2n) is 8.61. The van der Waals surface area contributed by atoms with E-state index in [9.17, 15) is 4.79 Å². The maximum absolute atomic E-state index is 12.4. The fourth-order valence-corrected chi connectivity index (χ4v) is 6.72. The summed E-state index contributed by atoms with van der Waals surface area (Å²) >= 11 is 0. The van der Waals surface area contributed by atoms with Gasteiger partial charge in [0, 0.05) is 13.0 Å². The molecule has 4 heteroatoms. The van der Waals surface area contributed by atoms with Crippen LogP contribution in [-0.2, 0) is 19.0 Å². The highest BCUT2D eigenvalue weighted by atomic mass is 16.7. The summed E-state index contributed by atoms with van der Waals surface area (Å²) in [5.74, 6) is 0.794. The summed E-state index contributed by atoms with van der Waals surface area (Å²) in [7, 11) is 1.69. The van der Waals surface area contributed by atoms with E-state index in [0.29, 0.717) is 29.6 Å². The molecule has 2 saturated carbocycles. The smallest absolute Gasteiger partial charge is 0.307 e. The van der Waals surface area contributed by atoms with E-state index >= 15 is 0 Å². The third-order valence-corrected chi connectivity index (χ3v) is 7.83. The molecule has 5 rings (SSSR count). The Bertz CT molecular complexity index is 610. The SMILES string of the molecule is CO[C@@]1(C)O[C@@H]2C[C@@H]3[C@H]([C@@H]4CC=C[C@@]15CC(=O)O[C@]245)C3(C)C. The van der Waals surface area contributed by atoms with Crippen LogP contribution in [-0.4, -0.2) is 30.6 Å². The van der Waals surface area contributed by atoms with Gasteiger partial charge in [-0.15, -0.1) is 0 Å². The average Bonchev–Trinajstić information content (AvgIpc) is 2.77. The summed E-state index contributed by atoms with van der Waals surface area (Å²) in [6, 6.07) is 0. The normalized spacial score (nSPS) is 59.5. The molecule has 120 valence electrons. The lowest BCUT2D eigenvalue weighted by Crippen LogP contribution is -2.61. The maximum atomic E-state index is 12.4. The molecule has 0 aromatic rings. The van der Waals surface area contributed by atoms with E-state index in [1.807, 2.05) is 6.92 Å². The lowest BCUT2D eigenvalue weighted by Gasteiger charge is -2.50. The molecule has 5 aliphatic rings. The highest BCUT2D eigenvalue weighted by molar-refractivity contribution is 5.76. The molecule has 4 nitrogen and oxygen atoms in total. The average molecular weight is 304 g/mol. The van der Waals surface area contributed by atoms with Gasteiger partial charge in [-0.3, -0.25) is 4.79 Å². The summed E-state index contributed by atoms with van der Waals surface area (Å²) < 4.78 is 18.4. The summed E-state index contributed by atoms with van der Waals surface area (Å²) in [5, 5.41) is 0. The van der Waals surface area contributed by atoms with Crippen LogP contribution in [0.1, 0.15) is 40.0 Å². The third kappa shape index (κ3) is 1.08. The van der Waals surface area contributed by atoms with Gasteiger partial charge in [0.1, 0.15) is 6.10 Å². The lowest BCUT2D eigenvalue weighted by atomic mass is 9.54. The van der Waals surface area contributed by atoms with Crippen molar-refractivity contribution < 1.29 is 19.0 Å². The first-order valence-electron chi connectivity index (χ1n) is 8.45. The molecule has 4 fully saturated rings. The van der Waals surface area contributed by atoms with Crippen molar-refractivity contribution in [2.75, 3.05) is 7.11 Å². The Morgan fingerprint density at radius 1 is 1.27 bits per heavy atom. The molecule has 0 aromatic heterocycles. The molecule has 0 bridgehead atoms. The third-order valence-electron chi connectivity index (χ3n) is 7.83. The number of hydrogen-bond donors (Lipinski definition) is 0. The van der Waals surface area contributed by atoms with Gasteiger partial charge in [-0.2, -0.15) is 0 Å². The van der Waals surface area contributed by atoms with E-state index in [2.05, 4.69) is 26.0 Å². The molecular weight excluding hydrogens is 280 g/mol. The molecule has 0 aromatic carbocycles. The van der Waals surface area contributed by atoms with Gasteiger partial charge in [0.25, 0.3) is 0 Å². The quantitative estimate of drug-likeness (QED) is 0.552. The van der Waals surface area contributed by atoms with Crippen LogP contribution in [0.4, 0.5) is 0 Å². The van der Waals surface area contributed by atoms with E-state index in [0.717, 1.165) is 12.8 Å². The number of esters is 1. The standard InChI is InChI=1S/C18H24O4/c1-15(2)11-8-12-18-10(14(11)15)6-5-7-17(18,9-13(19)22-18)16(3,20-4)21-12/h5,7,10-12,14H,6,8-9H2,1-4H3/t10-,11+,12+,14-,16-,17+,18-/m0/s1. The van der Waals surface area contributed by atoms with E-state index in [1.165, 1.54) is 0 Å². The van der Waals surface area contributed by atoms with Crippen LogP contribution < -0.4 is 0 Å². The molecule has 3 aliphatic carbocycles. The van der Waals surface area contributed by atoms with Gasteiger partial charge < -0.3 is 14.2 Å². The summed E-state index contributed by atoms with van der Waals surface area (Å²) in [6.07, 6.45) is 6.72. The van der Waals surface area contributed by atoms with Crippen LogP contribution in [0.25, 0.3) is 0 Å². The van der Waals surface area contributed by atoms with Crippen LogP contribution in [0.5, 0.6) is 0 Å². The zero-order valence-electron chi connectivity index (χ0n) is 13.7. The first kappa shape index (κ1) is 13.6. The van der Waals surface area contributed by atoms with Crippen LogP contribution in [0.15, 0.2) is 12.2 Å². The number of rotatable bonds is 1. The lowest BCUT2D eigenvalue weighted by molar-refractivity contribution is -0.236. The highest BCUT2D eigenvalue weighted by Gasteiger charge is 2.85. The Morgan fingerprint density at radius 3 is 2.77 bits per heavy atom. The number of hydrogen-bond acceptors (Lipinski definition) is 4. The van der Waals surface area contributed by atoms with Gasteiger partial charge in [-0.25, -0.2) is 0 Å². The number of ether oxygens (including phenoxy) is 3. The minimum Gasteiger partial charge on any atom is -0.455 e. The molecular formula is C18H24O4. The summed E-state index contributed by atoms with van der Waals surface area (Å²) in [5.41, 5.74) is -0.649. The molecule has 7 atom stereocenters. The minimum atomic E-state index is -0.778. The van der Waals surface area contributed by atoms with Gasteiger partial charge >= 0.3 is 5.97 Å². The van der Waals surface area contributed by atoms with Crippen molar-refractivity contribution in [3.8, 4) is 0 Å². The Hall–Kier alpha value is -0.870. The molecule has 0 N–H and O–H groups in total. The number of carbonyl (C=O) groups is 1. The molecule has 2 aliphatic heterocycles. The highest BCUT2D eigenvalue weighted by Crippen LogP contribution is 2.78. The van der Waals surface area contributed by atoms with Gasteiger partial charge in [0.2, 0.25) is 0 Å². The van der Waals surface area contributed by atoms with Gasteiger partial charge in [-0.1, -0.05) is 26.0 Å².